The summed E-state index contributed by atoms with van der Waals surface area (Å²) in [4.78, 5) is 10.4. The van der Waals surface area contributed by atoms with Gasteiger partial charge >= 0.3 is 5.97 Å². The van der Waals surface area contributed by atoms with Crippen molar-refractivity contribution in [2.24, 2.45) is 5.73 Å². The van der Waals surface area contributed by atoms with E-state index < -0.39 is 11.6 Å². The van der Waals surface area contributed by atoms with Crippen molar-refractivity contribution in [1.82, 2.24) is 0 Å². The summed E-state index contributed by atoms with van der Waals surface area (Å²) in [5.41, 5.74) is 4.58. The normalized spacial score (nSPS) is 11.3. The molecule has 0 aliphatic heterocycles. The molecular formula is C27H57NO3. The monoisotopic (exact) mass is 443 g/mol. The van der Waals surface area contributed by atoms with Crippen molar-refractivity contribution < 1.29 is 15.0 Å². The van der Waals surface area contributed by atoms with E-state index in [1.807, 2.05) is 0 Å². The first-order valence-electron chi connectivity index (χ1n) is 13.5. The van der Waals surface area contributed by atoms with Crippen LogP contribution in [-0.4, -0.2) is 28.3 Å². The first-order valence-corrected chi connectivity index (χ1v) is 13.5. The summed E-state index contributed by atoms with van der Waals surface area (Å²) in [7, 11) is 0. The molecule has 31 heavy (non-hydrogen) atoms. The largest absolute Gasteiger partial charge is 0.481 e. The Morgan fingerprint density at radius 1 is 0.645 bits per heavy atom. The standard InChI is InChI=1S/C22H44O2.C5H13NO/c1-2-3-4-5-6-7-8-9-10-11-12-13-14-15-16-17-18-19-20-21-22(23)24;1-5(2,7)3-4-6/h2-21H2,1H3,(H,23,24);7H,3-4,6H2,1-2H3. The van der Waals surface area contributed by atoms with E-state index in [0.29, 0.717) is 19.4 Å². The predicted octanol–water partition coefficient (Wildman–Crippen LogP) is 8.00. The number of hydrogen-bond acceptors (Lipinski definition) is 3. The van der Waals surface area contributed by atoms with E-state index in [1.54, 1.807) is 13.8 Å². The minimum atomic E-state index is -0.651. The van der Waals surface area contributed by atoms with E-state index in [4.69, 9.17) is 15.9 Å². The molecule has 0 aromatic heterocycles. The molecule has 0 unspecified atom stereocenters. The van der Waals surface area contributed by atoms with Crippen LogP contribution >= 0.6 is 0 Å². The lowest BCUT2D eigenvalue weighted by atomic mass is 10.0. The molecular weight excluding hydrogens is 386 g/mol. The van der Waals surface area contributed by atoms with Crippen molar-refractivity contribution in [3.63, 3.8) is 0 Å². The maximum absolute atomic E-state index is 10.4. The second kappa shape index (κ2) is 25.6. The van der Waals surface area contributed by atoms with Gasteiger partial charge in [0, 0.05) is 6.42 Å². The fourth-order valence-corrected chi connectivity index (χ4v) is 3.71. The quantitative estimate of drug-likeness (QED) is 0.148. The van der Waals surface area contributed by atoms with Crippen LogP contribution in [0.4, 0.5) is 0 Å². The Hall–Kier alpha value is -0.610. The Morgan fingerprint density at radius 3 is 1.13 bits per heavy atom. The van der Waals surface area contributed by atoms with Crippen molar-refractivity contribution in [3.05, 3.63) is 0 Å². The number of unbranched alkanes of at least 4 members (excludes halogenated alkanes) is 18. The fourth-order valence-electron chi connectivity index (χ4n) is 3.71. The predicted molar refractivity (Wildman–Crippen MR) is 136 cm³/mol. The van der Waals surface area contributed by atoms with Crippen molar-refractivity contribution in [1.29, 1.82) is 0 Å². The van der Waals surface area contributed by atoms with E-state index in [0.717, 1.165) is 12.8 Å². The van der Waals surface area contributed by atoms with Crippen LogP contribution in [0, 0.1) is 0 Å². The number of carboxylic acids is 1. The van der Waals surface area contributed by atoms with Gasteiger partial charge < -0.3 is 15.9 Å². The van der Waals surface area contributed by atoms with E-state index >= 15 is 0 Å². The third kappa shape index (κ3) is 37.1. The number of rotatable bonds is 22. The number of aliphatic carboxylic acids is 1. The van der Waals surface area contributed by atoms with Gasteiger partial charge in [-0.25, -0.2) is 0 Å². The number of carboxylic acid groups (broad SMARTS) is 1. The van der Waals surface area contributed by atoms with Crippen molar-refractivity contribution >= 4 is 5.97 Å². The molecule has 0 radical (unpaired) electrons. The molecule has 0 saturated carbocycles. The molecule has 0 amide bonds. The Bertz CT molecular complexity index is 353. The summed E-state index contributed by atoms with van der Waals surface area (Å²) in [6.45, 7) is 6.34. The summed E-state index contributed by atoms with van der Waals surface area (Å²) < 4.78 is 0. The molecule has 0 bridgehead atoms. The van der Waals surface area contributed by atoms with Crippen LogP contribution in [0.5, 0.6) is 0 Å². The molecule has 0 heterocycles. The summed E-state index contributed by atoms with van der Waals surface area (Å²) in [5, 5.41) is 17.5. The van der Waals surface area contributed by atoms with Crippen molar-refractivity contribution in [2.45, 2.75) is 161 Å². The number of aliphatic hydroxyl groups is 1. The first kappa shape index (κ1) is 32.6. The molecule has 4 nitrogen and oxygen atoms in total. The summed E-state index contributed by atoms with van der Waals surface area (Å²) >= 11 is 0. The fraction of sp³-hybridized carbons (Fsp3) is 0.963. The number of carbonyl (C=O) groups is 1. The Kier molecular flexibility index (Phi) is 26.9. The molecule has 188 valence electrons. The third-order valence-electron chi connectivity index (χ3n) is 5.75. The molecule has 0 fully saturated rings. The molecule has 0 aromatic rings. The van der Waals surface area contributed by atoms with Crippen molar-refractivity contribution in [2.75, 3.05) is 6.54 Å². The second-order valence-corrected chi connectivity index (χ2v) is 9.86. The zero-order valence-electron chi connectivity index (χ0n) is 21.4. The molecule has 0 aromatic carbocycles. The van der Waals surface area contributed by atoms with E-state index in [1.165, 1.54) is 109 Å². The maximum Gasteiger partial charge on any atom is 0.303 e. The number of hydrogen-bond donors (Lipinski definition) is 3. The lowest BCUT2D eigenvalue weighted by Crippen LogP contribution is -2.22. The zero-order chi connectivity index (χ0) is 23.6. The molecule has 0 aliphatic rings. The van der Waals surface area contributed by atoms with E-state index in [-0.39, 0.29) is 0 Å². The average molecular weight is 444 g/mol. The molecule has 4 N–H and O–H groups in total. The van der Waals surface area contributed by atoms with Crippen LogP contribution in [0.2, 0.25) is 0 Å². The molecule has 0 rings (SSSR count). The second-order valence-electron chi connectivity index (χ2n) is 9.86. The summed E-state index contributed by atoms with van der Waals surface area (Å²) in [6, 6.07) is 0. The minimum Gasteiger partial charge on any atom is -0.481 e. The van der Waals surface area contributed by atoms with Gasteiger partial charge in [0.25, 0.3) is 0 Å². The van der Waals surface area contributed by atoms with Gasteiger partial charge in [0.15, 0.2) is 0 Å². The van der Waals surface area contributed by atoms with Crippen LogP contribution in [0.3, 0.4) is 0 Å². The Balaban J connectivity index is 0. The molecule has 4 heteroatoms. The Labute approximate surface area is 194 Å². The highest BCUT2D eigenvalue weighted by Gasteiger charge is 2.08. The third-order valence-corrected chi connectivity index (χ3v) is 5.75. The average Bonchev–Trinajstić information content (AvgIpc) is 2.69. The smallest absolute Gasteiger partial charge is 0.303 e. The highest BCUT2D eigenvalue weighted by atomic mass is 16.4. The minimum absolute atomic E-state index is 0.346. The molecule has 0 saturated heterocycles. The molecule has 0 aliphatic carbocycles. The van der Waals surface area contributed by atoms with Gasteiger partial charge in [-0.05, 0) is 33.2 Å². The van der Waals surface area contributed by atoms with Crippen LogP contribution in [0.1, 0.15) is 156 Å². The van der Waals surface area contributed by atoms with Crippen molar-refractivity contribution in [3.8, 4) is 0 Å². The highest BCUT2D eigenvalue weighted by molar-refractivity contribution is 5.66. The Morgan fingerprint density at radius 2 is 0.935 bits per heavy atom. The zero-order valence-corrected chi connectivity index (χ0v) is 21.4. The van der Waals surface area contributed by atoms with E-state index in [2.05, 4.69) is 6.92 Å². The SMILES string of the molecule is CC(C)(O)CCN.CCCCCCCCCCCCCCCCCCCCCC(=O)O. The lowest BCUT2D eigenvalue weighted by molar-refractivity contribution is -0.137. The lowest BCUT2D eigenvalue weighted by Gasteiger charge is -2.13. The van der Waals surface area contributed by atoms with Crippen LogP contribution in [0.25, 0.3) is 0 Å². The topological polar surface area (TPSA) is 83.5 Å². The van der Waals surface area contributed by atoms with Crippen LogP contribution in [-0.2, 0) is 4.79 Å². The molecule has 0 atom stereocenters. The van der Waals surface area contributed by atoms with Gasteiger partial charge in [0.05, 0.1) is 5.60 Å². The maximum atomic E-state index is 10.4. The highest BCUT2D eigenvalue weighted by Crippen LogP contribution is 2.14. The molecule has 0 spiro atoms. The van der Waals surface area contributed by atoms with Gasteiger partial charge in [-0.1, -0.05) is 122 Å². The van der Waals surface area contributed by atoms with Crippen LogP contribution < -0.4 is 5.73 Å². The van der Waals surface area contributed by atoms with E-state index in [9.17, 15) is 4.79 Å². The van der Waals surface area contributed by atoms with Gasteiger partial charge in [-0.3, -0.25) is 4.79 Å². The van der Waals surface area contributed by atoms with Gasteiger partial charge in [-0.2, -0.15) is 0 Å². The summed E-state index contributed by atoms with van der Waals surface area (Å²) in [6.07, 6.45) is 26.8. The number of nitrogens with two attached hydrogens (primary N) is 1. The first-order chi connectivity index (χ1) is 14.8. The van der Waals surface area contributed by atoms with Crippen LogP contribution in [0.15, 0.2) is 0 Å². The van der Waals surface area contributed by atoms with Gasteiger partial charge in [0.2, 0.25) is 0 Å². The summed E-state index contributed by atoms with van der Waals surface area (Å²) in [5.74, 6) is -0.651. The van der Waals surface area contributed by atoms with Gasteiger partial charge in [0.1, 0.15) is 0 Å². The van der Waals surface area contributed by atoms with Gasteiger partial charge in [-0.15, -0.1) is 0 Å².